The summed E-state index contributed by atoms with van der Waals surface area (Å²) >= 11 is 0. The summed E-state index contributed by atoms with van der Waals surface area (Å²) in [5.74, 6) is 1.98. The molecule has 1 aromatic rings. The molecule has 1 aromatic carbocycles. The van der Waals surface area contributed by atoms with Gasteiger partial charge >= 0.3 is 0 Å². The van der Waals surface area contributed by atoms with E-state index in [0.29, 0.717) is 30.4 Å². The van der Waals surface area contributed by atoms with Crippen LogP contribution >= 0.6 is 0 Å². The second-order valence-corrected chi connectivity index (χ2v) is 7.72. The van der Waals surface area contributed by atoms with Gasteiger partial charge < -0.3 is 9.64 Å². The molecule has 1 unspecified atom stereocenters. The standard InChI is InChI=1S/C20H30N2O2/c1-14(2)22-11-17(8-9-19(22)23)10-21-12-18(13-21)24-20-15(3)6-5-7-16(20)4/h5-7,14,17-18H,8-13H2,1-4H3. The highest BCUT2D eigenvalue weighted by Crippen LogP contribution is 2.27. The van der Waals surface area contributed by atoms with Crippen LogP contribution in [0.5, 0.6) is 5.75 Å². The third kappa shape index (κ3) is 3.75. The average Bonchev–Trinajstić information content (AvgIpc) is 2.49. The summed E-state index contributed by atoms with van der Waals surface area (Å²) < 4.78 is 6.20. The smallest absolute Gasteiger partial charge is 0.222 e. The number of hydrogen-bond donors (Lipinski definition) is 0. The largest absolute Gasteiger partial charge is 0.487 e. The van der Waals surface area contributed by atoms with Crippen molar-refractivity contribution in [2.45, 2.75) is 52.7 Å². The molecule has 3 rings (SSSR count). The lowest BCUT2D eigenvalue weighted by Gasteiger charge is -2.43. The number of carbonyl (C=O) groups is 1. The van der Waals surface area contributed by atoms with E-state index < -0.39 is 0 Å². The van der Waals surface area contributed by atoms with Crippen LogP contribution in [-0.4, -0.2) is 54.0 Å². The van der Waals surface area contributed by atoms with Crippen LogP contribution in [0, 0.1) is 19.8 Å². The van der Waals surface area contributed by atoms with Crippen molar-refractivity contribution in [2.75, 3.05) is 26.2 Å². The Labute approximate surface area is 145 Å². The van der Waals surface area contributed by atoms with Gasteiger partial charge in [-0.3, -0.25) is 9.69 Å². The molecule has 2 saturated heterocycles. The molecule has 2 fully saturated rings. The molecule has 24 heavy (non-hydrogen) atoms. The molecule has 0 bridgehead atoms. The number of likely N-dealkylation sites (tertiary alicyclic amines) is 2. The first-order chi connectivity index (χ1) is 11.4. The van der Waals surface area contributed by atoms with Crippen LogP contribution in [0.1, 0.15) is 37.8 Å². The number of hydrogen-bond acceptors (Lipinski definition) is 3. The molecular weight excluding hydrogens is 300 g/mol. The molecule has 0 saturated carbocycles. The number of ether oxygens (including phenoxy) is 1. The molecule has 0 N–H and O–H groups in total. The minimum atomic E-state index is 0.302. The highest BCUT2D eigenvalue weighted by Gasteiger charge is 2.34. The fourth-order valence-corrected chi connectivity index (χ4v) is 3.85. The Morgan fingerprint density at radius 3 is 2.46 bits per heavy atom. The lowest BCUT2D eigenvalue weighted by Crippen LogP contribution is -2.56. The van der Waals surface area contributed by atoms with Crippen LogP contribution in [0.2, 0.25) is 0 Å². The Kier molecular flexibility index (Phi) is 5.14. The number of benzene rings is 1. The number of piperidine rings is 1. The Bertz CT molecular complexity index is 573. The summed E-state index contributed by atoms with van der Waals surface area (Å²) in [5, 5.41) is 0. The Hall–Kier alpha value is -1.55. The molecule has 4 heteroatoms. The Morgan fingerprint density at radius 1 is 1.17 bits per heavy atom. The van der Waals surface area contributed by atoms with E-state index in [1.807, 2.05) is 4.90 Å². The van der Waals surface area contributed by atoms with E-state index in [1.54, 1.807) is 0 Å². The number of rotatable bonds is 5. The summed E-state index contributed by atoms with van der Waals surface area (Å²) in [4.78, 5) is 16.5. The normalized spacial score (nSPS) is 22.8. The fraction of sp³-hybridized carbons (Fsp3) is 0.650. The van der Waals surface area contributed by atoms with Gasteiger partial charge in [0.25, 0.3) is 0 Å². The summed E-state index contributed by atoms with van der Waals surface area (Å²) in [7, 11) is 0. The first kappa shape index (κ1) is 17.3. The van der Waals surface area contributed by atoms with Gasteiger partial charge in [-0.05, 0) is 51.2 Å². The zero-order valence-electron chi connectivity index (χ0n) is 15.4. The van der Waals surface area contributed by atoms with Gasteiger partial charge in [-0.2, -0.15) is 0 Å². The quantitative estimate of drug-likeness (QED) is 0.832. The maximum atomic E-state index is 12.0. The molecule has 1 atom stereocenters. The first-order valence-corrected chi connectivity index (χ1v) is 9.18. The van der Waals surface area contributed by atoms with E-state index in [2.05, 4.69) is 50.8 Å². The fourth-order valence-electron chi connectivity index (χ4n) is 3.85. The van der Waals surface area contributed by atoms with E-state index in [-0.39, 0.29) is 0 Å². The number of aryl methyl sites for hydroxylation is 2. The molecule has 0 aromatic heterocycles. The molecule has 4 nitrogen and oxygen atoms in total. The third-order valence-electron chi connectivity index (χ3n) is 5.30. The Balaban J connectivity index is 1.47. The van der Waals surface area contributed by atoms with Crippen LogP contribution in [0.4, 0.5) is 0 Å². The van der Waals surface area contributed by atoms with Crippen molar-refractivity contribution in [3.05, 3.63) is 29.3 Å². The monoisotopic (exact) mass is 330 g/mol. The molecule has 0 aliphatic carbocycles. The van der Waals surface area contributed by atoms with Crippen molar-refractivity contribution in [2.24, 2.45) is 5.92 Å². The van der Waals surface area contributed by atoms with Crippen molar-refractivity contribution >= 4 is 5.91 Å². The van der Waals surface area contributed by atoms with Crippen LogP contribution in [0.25, 0.3) is 0 Å². The van der Waals surface area contributed by atoms with Gasteiger partial charge in [0.15, 0.2) is 0 Å². The highest BCUT2D eigenvalue weighted by molar-refractivity contribution is 5.77. The van der Waals surface area contributed by atoms with Gasteiger partial charge in [-0.1, -0.05) is 18.2 Å². The van der Waals surface area contributed by atoms with E-state index in [0.717, 1.165) is 38.3 Å². The summed E-state index contributed by atoms with van der Waals surface area (Å²) in [6.45, 7) is 12.4. The van der Waals surface area contributed by atoms with Crippen LogP contribution in [-0.2, 0) is 4.79 Å². The van der Waals surface area contributed by atoms with Crippen molar-refractivity contribution in [3.8, 4) is 5.75 Å². The first-order valence-electron chi connectivity index (χ1n) is 9.18. The molecule has 132 valence electrons. The minimum Gasteiger partial charge on any atom is -0.487 e. The summed E-state index contributed by atoms with van der Waals surface area (Å²) in [6, 6.07) is 6.61. The van der Waals surface area contributed by atoms with Gasteiger partial charge in [0, 0.05) is 38.6 Å². The lowest BCUT2D eigenvalue weighted by atomic mass is 9.94. The van der Waals surface area contributed by atoms with E-state index >= 15 is 0 Å². The predicted octanol–water partition coefficient (Wildman–Crippen LogP) is 3.01. The lowest BCUT2D eigenvalue weighted by molar-refractivity contribution is -0.137. The van der Waals surface area contributed by atoms with Gasteiger partial charge in [-0.25, -0.2) is 0 Å². The van der Waals surface area contributed by atoms with Crippen LogP contribution in [0.15, 0.2) is 18.2 Å². The Morgan fingerprint density at radius 2 is 1.83 bits per heavy atom. The molecule has 2 aliphatic heterocycles. The molecule has 1 amide bonds. The number of para-hydroxylation sites is 1. The summed E-state index contributed by atoms with van der Waals surface area (Å²) in [5.41, 5.74) is 2.43. The second-order valence-electron chi connectivity index (χ2n) is 7.72. The van der Waals surface area contributed by atoms with Gasteiger partial charge in [-0.15, -0.1) is 0 Å². The summed E-state index contributed by atoms with van der Waals surface area (Å²) in [6.07, 6.45) is 2.04. The van der Waals surface area contributed by atoms with Gasteiger partial charge in [0.1, 0.15) is 11.9 Å². The average molecular weight is 330 g/mol. The van der Waals surface area contributed by atoms with Crippen molar-refractivity contribution in [1.82, 2.24) is 9.80 Å². The zero-order valence-corrected chi connectivity index (χ0v) is 15.4. The van der Waals surface area contributed by atoms with E-state index in [9.17, 15) is 4.79 Å². The van der Waals surface area contributed by atoms with Crippen molar-refractivity contribution in [1.29, 1.82) is 0 Å². The molecule has 2 heterocycles. The van der Waals surface area contributed by atoms with Gasteiger partial charge in [0.05, 0.1) is 0 Å². The maximum Gasteiger partial charge on any atom is 0.222 e. The number of amides is 1. The highest BCUT2D eigenvalue weighted by atomic mass is 16.5. The predicted molar refractivity (Wildman–Crippen MR) is 96.3 cm³/mol. The molecule has 0 spiro atoms. The second kappa shape index (κ2) is 7.14. The minimum absolute atomic E-state index is 0.302. The number of carbonyl (C=O) groups excluding carboxylic acids is 1. The van der Waals surface area contributed by atoms with Crippen LogP contribution < -0.4 is 4.74 Å². The molecular formula is C20H30N2O2. The topological polar surface area (TPSA) is 32.8 Å². The van der Waals surface area contributed by atoms with Crippen LogP contribution in [0.3, 0.4) is 0 Å². The van der Waals surface area contributed by atoms with E-state index in [4.69, 9.17) is 4.74 Å². The molecule has 2 aliphatic rings. The molecule has 0 radical (unpaired) electrons. The number of nitrogens with zero attached hydrogens (tertiary/aromatic N) is 2. The van der Waals surface area contributed by atoms with Gasteiger partial charge in [0.2, 0.25) is 5.91 Å². The third-order valence-corrected chi connectivity index (χ3v) is 5.30. The van der Waals surface area contributed by atoms with Crippen molar-refractivity contribution in [3.63, 3.8) is 0 Å². The maximum absolute atomic E-state index is 12.0. The van der Waals surface area contributed by atoms with Crippen molar-refractivity contribution < 1.29 is 9.53 Å². The van der Waals surface area contributed by atoms with E-state index in [1.165, 1.54) is 11.1 Å². The SMILES string of the molecule is Cc1cccc(C)c1OC1CN(CC2CCC(=O)N(C(C)C)C2)C1. The zero-order chi connectivity index (χ0) is 17.3.